The predicted octanol–water partition coefficient (Wildman–Crippen LogP) is 8.64. The average molecular weight is 632 g/mol. The number of halogens is 1. The lowest BCUT2D eigenvalue weighted by molar-refractivity contribution is -0.118. The van der Waals surface area contributed by atoms with Gasteiger partial charge in [0.1, 0.15) is 0 Å². The number of carbonyl (C=O) groups excluding carboxylic acids is 1. The summed E-state index contributed by atoms with van der Waals surface area (Å²) in [7, 11) is 0. The van der Waals surface area contributed by atoms with Crippen molar-refractivity contribution in [3.05, 3.63) is 64.4 Å². The molecule has 0 fully saturated rings. The van der Waals surface area contributed by atoms with Crippen molar-refractivity contribution in [2.75, 3.05) is 29.9 Å². The number of H-pyrrole nitrogens is 1. The molecule has 45 heavy (non-hydrogen) atoms. The number of hydrogen-bond acceptors (Lipinski definition) is 4. The Morgan fingerprint density at radius 2 is 1.69 bits per heavy atom. The van der Waals surface area contributed by atoms with E-state index < -0.39 is 6.09 Å². The zero-order valence-electron chi connectivity index (χ0n) is 26.4. The number of amides is 2. The molecule has 2 heterocycles. The molecule has 2 aromatic carbocycles. The minimum atomic E-state index is -0.928. The zero-order chi connectivity index (χ0) is 31.6. The molecule has 1 aliphatic rings. The van der Waals surface area contributed by atoms with Gasteiger partial charge in [0.05, 0.1) is 5.52 Å². The molecule has 8 nitrogen and oxygen atoms in total. The number of nitrogens with zero attached hydrogens (tertiary/aromatic N) is 2. The van der Waals surface area contributed by atoms with Gasteiger partial charge in [0.25, 0.3) is 0 Å². The lowest BCUT2D eigenvalue weighted by atomic mass is 9.92. The van der Waals surface area contributed by atoms with Crippen LogP contribution in [-0.2, 0) is 24.1 Å². The molecule has 4 aromatic rings. The van der Waals surface area contributed by atoms with Crippen LogP contribution in [0, 0.1) is 0 Å². The number of hydrogen-bond donors (Lipinski definition) is 4. The molecule has 0 spiro atoms. The number of carbonyl (C=O) groups is 2. The summed E-state index contributed by atoms with van der Waals surface area (Å²) in [6.45, 7) is 3.50. The van der Waals surface area contributed by atoms with Crippen molar-refractivity contribution in [1.82, 2.24) is 15.3 Å². The predicted molar refractivity (Wildman–Crippen MR) is 185 cm³/mol. The number of aryl methyl sites for hydroxylation is 1. The molecule has 0 bridgehead atoms. The van der Waals surface area contributed by atoms with Crippen LogP contribution in [0.25, 0.3) is 21.8 Å². The Balaban J connectivity index is 1.00. The fraction of sp³-hybridized carbons (Fsp3) is 0.472. The average Bonchev–Trinajstić information content (AvgIpc) is 3.42. The van der Waals surface area contributed by atoms with Gasteiger partial charge in [-0.3, -0.25) is 14.7 Å². The van der Waals surface area contributed by atoms with E-state index in [0.717, 1.165) is 72.1 Å². The molecule has 2 aromatic heterocycles. The van der Waals surface area contributed by atoms with Crippen molar-refractivity contribution in [1.29, 1.82) is 0 Å². The van der Waals surface area contributed by atoms with Gasteiger partial charge in [-0.2, -0.15) is 0 Å². The van der Waals surface area contributed by atoms with Crippen molar-refractivity contribution in [2.45, 2.75) is 90.4 Å². The Labute approximate surface area is 270 Å². The second-order valence-corrected chi connectivity index (χ2v) is 12.7. The third kappa shape index (κ3) is 8.69. The number of aromatic nitrogens is 2. The molecule has 0 radical (unpaired) electrons. The maximum atomic E-state index is 12.1. The van der Waals surface area contributed by atoms with Gasteiger partial charge in [0, 0.05) is 71.1 Å². The fourth-order valence-electron chi connectivity index (χ4n) is 6.52. The van der Waals surface area contributed by atoms with Gasteiger partial charge < -0.3 is 20.7 Å². The van der Waals surface area contributed by atoms with Crippen molar-refractivity contribution in [2.24, 2.45) is 0 Å². The Hall–Kier alpha value is -3.78. The number of anilines is 2. The highest BCUT2D eigenvalue weighted by Crippen LogP contribution is 2.34. The van der Waals surface area contributed by atoms with Crippen LogP contribution in [0.3, 0.4) is 0 Å². The summed E-state index contributed by atoms with van der Waals surface area (Å²) >= 11 is 6.26. The number of rotatable bonds is 16. The summed E-state index contributed by atoms with van der Waals surface area (Å²) in [5.74, 6) is -0.0555. The topological polar surface area (TPSA) is 110 Å². The number of benzene rings is 2. The lowest BCUT2D eigenvalue weighted by Crippen LogP contribution is -2.30. The standard InChI is InChI=1S/C36H46ClN5O3/c1-25(43)38-20-18-26-24-40-32-17-15-28(23-31(26)32)42(36(44)45)21-11-7-5-3-2-4-6-10-19-39-35-29-12-8-9-13-33(29)41-34-22-27(37)14-16-30(34)35/h14-17,22-24,40H,2-13,18-21H2,1H3,(H,38,43)(H,39,41)(H,44,45). The van der Waals surface area contributed by atoms with Crippen molar-refractivity contribution >= 4 is 56.8 Å². The van der Waals surface area contributed by atoms with E-state index in [-0.39, 0.29) is 5.91 Å². The zero-order valence-corrected chi connectivity index (χ0v) is 27.1. The largest absolute Gasteiger partial charge is 0.465 e. The quantitative estimate of drug-likeness (QED) is 0.0925. The van der Waals surface area contributed by atoms with Crippen molar-refractivity contribution in [3.8, 4) is 0 Å². The number of fused-ring (bicyclic) bond motifs is 3. The van der Waals surface area contributed by atoms with Crippen molar-refractivity contribution in [3.63, 3.8) is 0 Å². The van der Waals surface area contributed by atoms with Crippen LogP contribution in [0.15, 0.2) is 42.6 Å². The maximum Gasteiger partial charge on any atom is 0.411 e. The molecule has 1 aliphatic carbocycles. The van der Waals surface area contributed by atoms with E-state index in [9.17, 15) is 14.7 Å². The van der Waals surface area contributed by atoms with Crippen LogP contribution in [0.2, 0.25) is 5.02 Å². The lowest BCUT2D eigenvalue weighted by Gasteiger charge is -2.22. The SMILES string of the molecule is CC(=O)NCCc1c[nH]c2ccc(N(CCCCCCCCCCNc3c4c(nc5cc(Cl)ccc35)CCCC4)C(=O)O)cc12. The van der Waals surface area contributed by atoms with Crippen LogP contribution >= 0.6 is 11.6 Å². The molecular formula is C36H46ClN5O3. The van der Waals surface area contributed by atoms with E-state index in [1.807, 2.05) is 36.5 Å². The smallest absolute Gasteiger partial charge is 0.411 e. The molecule has 4 N–H and O–H groups in total. The number of unbranched alkanes of at least 4 members (excludes halogenated alkanes) is 7. The normalized spacial score (nSPS) is 12.8. The maximum absolute atomic E-state index is 12.1. The summed E-state index contributed by atoms with van der Waals surface area (Å²) in [6.07, 6.45) is 15.2. The van der Waals surface area contributed by atoms with Crippen LogP contribution in [0.1, 0.15) is 88.0 Å². The third-order valence-corrected chi connectivity index (χ3v) is 9.13. The second kappa shape index (κ2) is 16.0. The summed E-state index contributed by atoms with van der Waals surface area (Å²) in [6, 6.07) is 11.8. The highest BCUT2D eigenvalue weighted by Gasteiger charge is 2.18. The molecule has 0 unspecified atom stereocenters. The molecule has 0 atom stereocenters. The van der Waals surface area contributed by atoms with Gasteiger partial charge in [0.2, 0.25) is 5.91 Å². The first kappa shape index (κ1) is 32.6. The van der Waals surface area contributed by atoms with E-state index in [1.54, 1.807) is 0 Å². The van der Waals surface area contributed by atoms with Gasteiger partial charge in [-0.1, -0.05) is 50.1 Å². The molecule has 0 aliphatic heterocycles. The van der Waals surface area contributed by atoms with Crippen LogP contribution in [0.5, 0.6) is 0 Å². The van der Waals surface area contributed by atoms with E-state index in [0.29, 0.717) is 25.2 Å². The van der Waals surface area contributed by atoms with E-state index in [1.165, 1.54) is 72.7 Å². The molecule has 0 saturated heterocycles. The second-order valence-electron chi connectivity index (χ2n) is 12.2. The highest BCUT2D eigenvalue weighted by atomic mass is 35.5. The summed E-state index contributed by atoms with van der Waals surface area (Å²) in [4.78, 5) is 32.9. The van der Waals surface area contributed by atoms with Crippen LogP contribution < -0.4 is 15.5 Å². The highest BCUT2D eigenvalue weighted by molar-refractivity contribution is 6.31. The molecular weight excluding hydrogens is 586 g/mol. The van der Waals surface area contributed by atoms with Gasteiger partial charge in [-0.15, -0.1) is 0 Å². The number of carboxylic acid groups (broad SMARTS) is 1. The summed E-state index contributed by atoms with van der Waals surface area (Å²) in [5.41, 5.74) is 7.60. The number of nitrogens with one attached hydrogen (secondary N) is 3. The minimum Gasteiger partial charge on any atom is -0.465 e. The summed E-state index contributed by atoms with van der Waals surface area (Å²) < 4.78 is 0. The first-order valence-electron chi connectivity index (χ1n) is 16.6. The van der Waals surface area contributed by atoms with Crippen LogP contribution in [0.4, 0.5) is 16.2 Å². The first-order valence-corrected chi connectivity index (χ1v) is 17.0. The molecule has 0 saturated carbocycles. The van der Waals surface area contributed by atoms with Gasteiger partial charge in [-0.25, -0.2) is 4.79 Å². The Morgan fingerprint density at radius 1 is 0.933 bits per heavy atom. The van der Waals surface area contributed by atoms with Crippen LogP contribution in [-0.4, -0.2) is 46.7 Å². The molecule has 9 heteroatoms. The molecule has 2 amide bonds. The monoisotopic (exact) mass is 631 g/mol. The Kier molecular flexibility index (Phi) is 11.6. The van der Waals surface area contributed by atoms with Crippen molar-refractivity contribution < 1.29 is 14.7 Å². The fourth-order valence-corrected chi connectivity index (χ4v) is 6.69. The van der Waals surface area contributed by atoms with E-state index in [4.69, 9.17) is 16.6 Å². The minimum absolute atomic E-state index is 0.0555. The Morgan fingerprint density at radius 3 is 2.47 bits per heavy atom. The van der Waals surface area contributed by atoms with E-state index >= 15 is 0 Å². The molecule has 240 valence electrons. The van der Waals surface area contributed by atoms with Gasteiger partial charge in [0.15, 0.2) is 0 Å². The Bertz CT molecular complexity index is 1620. The molecule has 5 rings (SSSR count). The van der Waals surface area contributed by atoms with E-state index in [2.05, 4.69) is 21.7 Å². The summed E-state index contributed by atoms with van der Waals surface area (Å²) in [5, 5.41) is 19.4. The third-order valence-electron chi connectivity index (χ3n) is 8.90. The first-order chi connectivity index (χ1) is 21.9. The number of aromatic amines is 1. The van der Waals surface area contributed by atoms with Gasteiger partial charge in [-0.05, 0) is 92.5 Å². The number of pyridine rings is 1. The van der Waals surface area contributed by atoms with Gasteiger partial charge >= 0.3 is 6.09 Å².